The minimum atomic E-state index is 0.310. The molecular weight excluding hydrogens is 248 g/mol. The highest BCUT2D eigenvalue weighted by molar-refractivity contribution is 5.38. The van der Waals surface area contributed by atoms with E-state index in [4.69, 9.17) is 4.74 Å². The van der Waals surface area contributed by atoms with Crippen LogP contribution in [0.2, 0.25) is 0 Å². The number of nitrogens with zero attached hydrogens (tertiary/aromatic N) is 1. The van der Waals surface area contributed by atoms with E-state index in [0.29, 0.717) is 6.04 Å². The predicted molar refractivity (Wildman–Crippen MR) is 86.6 cm³/mol. The van der Waals surface area contributed by atoms with Gasteiger partial charge in [-0.1, -0.05) is 31.5 Å². The van der Waals surface area contributed by atoms with Gasteiger partial charge >= 0.3 is 0 Å². The summed E-state index contributed by atoms with van der Waals surface area (Å²) in [7, 11) is 1.74. The molecule has 1 N–H and O–H groups in total. The van der Waals surface area contributed by atoms with E-state index in [-0.39, 0.29) is 0 Å². The zero-order chi connectivity index (χ0) is 15.0. The van der Waals surface area contributed by atoms with Gasteiger partial charge in [0.2, 0.25) is 0 Å². The van der Waals surface area contributed by atoms with Crippen LogP contribution < -0.4 is 10.1 Å². The maximum absolute atomic E-state index is 5.46. The quantitative estimate of drug-likeness (QED) is 0.749. The fourth-order valence-electron chi connectivity index (χ4n) is 2.49. The number of aryl methyl sites for hydroxylation is 1. The molecule has 3 heteroatoms. The normalized spacial score (nSPS) is 12.7. The number of methoxy groups -OCH3 is 1. The molecule has 0 bridgehead atoms. The molecule has 1 atom stereocenters. The van der Waals surface area contributed by atoms with Crippen molar-refractivity contribution in [1.82, 2.24) is 10.2 Å². The van der Waals surface area contributed by atoms with Crippen molar-refractivity contribution >= 4 is 0 Å². The largest absolute Gasteiger partial charge is 0.496 e. The second kappa shape index (κ2) is 8.98. The van der Waals surface area contributed by atoms with Crippen LogP contribution in [0, 0.1) is 6.92 Å². The standard InChI is InChI=1S/C17H30N2O/c1-6-11-19(7-2)12-10-18-15(4)16-13-14(3)8-9-17(16)20-5/h8-9,13,15,18H,6-7,10-12H2,1-5H3. The molecule has 0 aliphatic heterocycles. The van der Waals surface area contributed by atoms with Crippen LogP contribution in [0.4, 0.5) is 0 Å². The molecule has 0 aromatic heterocycles. The minimum absolute atomic E-state index is 0.310. The number of ether oxygens (including phenoxy) is 1. The minimum Gasteiger partial charge on any atom is -0.496 e. The van der Waals surface area contributed by atoms with Crippen LogP contribution in [0.3, 0.4) is 0 Å². The molecule has 0 aliphatic rings. The smallest absolute Gasteiger partial charge is 0.123 e. The van der Waals surface area contributed by atoms with Crippen molar-refractivity contribution in [2.24, 2.45) is 0 Å². The van der Waals surface area contributed by atoms with E-state index in [2.05, 4.69) is 56.1 Å². The lowest BCUT2D eigenvalue weighted by molar-refractivity contribution is 0.283. The van der Waals surface area contributed by atoms with Gasteiger partial charge < -0.3 is 15.0 Å². The molecule has 1 rings (SSSR count). The number of rotatable bonds is 9. The van der Waals surface area contributed by atoms with Crippen molar-refractivity contribution in [2.75, 3.05) is 33.3 Å². The Hall–Kier alpha value is -1.06. The lowest BCUT2D eigenvalue weighted by Crippen LogP contribution is -2.33. The first-order chi connectivity index (χ1) is 9.62. The molecule has 3 nitrogen and oxygen atoms in total. The van der Waals surface area contributed by atoms with Gasteiger partial charge in [0.05, 0.1) is 7.11 Å². The molecule has 0 radical (unpaired) electrons. The Morgan fingerprint density at radius 2 is 2.00 bits per heavy atom. The molecule has 0 spiro atoms. The van der Waals surface area contributed by atoms with Crippen LogP contribution >= 0.6 is 0 Å². The van der Waals surface area contributed by atoms with Gasteiger partial charge in [-0.15, -0.1) is 0 Å². The second-order valence-corrected chi connectivity index (χ2v) is 5.36. The van der Waals surface area contributed by atoms with Crippen LogP contribution in [0.25, 0.3) is 0 Å². The Balaban J connectivity index is 2.54. The van der Waals surface area contributed by atoms with Crippen molar-refractivity contribution in [3.8, 4) is 5.75 Å². The monoisotopic (exact) mass is 278 g/mol. The third kappa shape index (κ3) is 5.14. The van der Waals surface area contributed by atoms with Gasteiger partial charge in [0.1, 0.15) is 5.75 Å². The molecule has 0 fully saturated rings. The van der Waals surface area contributed by atoms with Gasteiger partial charge in [0.25, 0.3) is 0 Å². The molecule has 0 aliphatic carbocycles. The zero-order valence-corrected chi connectivity index (χ0v) is 13.7. The second-order valence-electron chi connectivity index (χ2n) is 5.36. The summed E-state index contributed by atoms with van der Waals surface area (Å²) in [4.78, 5) is 2.48. The van der Waals surface area contributed by atoms with Gasteiger partial charge in [-0.3, -0.25) is 0 Å². The summed E-state index contributed by atoms with van der Waals surface area (Å²) in [6.07, 6.45) is 1.22. The van der Waals surface area contributed by atoms with Crippen molar-refractivity contribution in [1.29, 1.82) is 0 Å². The van der Waals surface area contributed by atoms with E-state index in [1.165, 1.54) is 24.1 Å². The first kappa shape index (κ1) is 17.0. The van der Waals surface area contributed by atoms with Crippen LogP contribution in [-0.2, 0) is 0 Å². The van der Waals surface area contributed by atoms with Gasteiger partial charge in [-0.2, -0.15) is 0 Å². The van der Waals surface area contributed by atoms with E-state index in [1.54, 1.807) is 7.11 Å². The van der Waals surface area contributed by atoms with Gasteiger partial charge in [-0.25, -0.2) is 0 Å². The van der Waals surface area contributed by atoms with Crippen LogP contribution in [-0.4, -0.2) is 38.2 Å². The number of benzene rings is 1. The number of nitrogens with one attached hydrogen (secondary N) is 1. The Morgan fingerprint density at radius 3 is 2.60 bits per heavy atom. The van der Waals surface area contributed by atoms with Crippen molar-refractivity contribution in [2.45, 2.75) is 40.2 Å². The lowest BCUT2D eigenvalue weighted by atomic mass is 10.0. The summed E-state index contributed by atoms with van der Waals surface area (Å²) in [5.74, 6) is 0.969. The zero-order valence-electron chi connectivity index (χ0n) is 13.7. The fraction of sp³-hybridized carbons (Fsp3) is 0.647. The Kier molecular flexibility index (Phi) is 7.63. The topological polar surface area (TPSA) is 24.5 Å². The SMILES string of the molecule is CCCN(CC)CCNC(C)c1cc(C)ccc1OC. The molecule has 1 aromatic rings. The highest BCUT2D eigenvalue weighted by Crippen LogP contribution is 2.25. The number of hydrogen-bond acceptors (Lipinski definition) is 3. The molecule has 1 unspecified atom stereocenters. The summed E-state index contributed by atoms with van der Waals surface area (Å²) in [5.41, 5.74) is 2.52. The lowest BCUT2D eigenvalue weighted by Gasteiger charge is -2.22. The summed E-state index contributed by atoms with van der Waals surface area (Å²) in [6.45, 7) is 13.2. The van der Waals surface area contributed by atoms with Crippen molar-refractivity contribution < 1.29 is 4.74 Å². The summed E-state index contributed by atoms with van der Waals surface area (Å²) < 4.78 is 5.46. The highest BCUT2D eigenvalue weighted by Gasteiger charge is 2.11. The third-order valence-electron chi connectivity index (χ3n) is 3.72. The number of hydrogen-bond donors (Lipinski definition) is 1. The molecule has 20 heavy (non-hydrogen) atoms. The molecule has 114 valence electrons. The summed E-state index contributed by atoms with van der Waals surface area (Å²) in [5, 5.41) is 3.60. The van der Waals surface area contributed by atoms with Gasteiger partial charge in [-0.05, 0) is 39.4 Å². The first-order valence-electron chi connectivity index (χ1n) is 7.72. The molecule has 0 amide bonds. The maximum Gasteiger partial charge on any atom is 0.123 e. The Morgan fingerprint density at radius 1 is 1.25 bits per heavy atom. The van der Waals surface area contributed by atoms with Crippen LogP contribution in [0.15, 0.2) is 18.2 Å². The molecular formula is C17H30N2O. The fourth-order valence-corrected chi connectivity index (χ4v) is 2.49. The van der Waals surface area contributed by atoms with Crippen LogP contribution in [0.5, 0.6) is 5.75 Å². The summed E-state index contributed by atoms with van der Waals surface area (Å²) >= 11 is 0. The average molecular weight is 278 g/mol. The van der Waals surface area contributed by atoms with E-state index in [9.17, 15) is 0 Å². The van der Waals surface area contributed by atoms with E-state index < -0.39 is 0 Å². The Labute approximate surface area is 124 Å². The molecule has 0 heterocycles. The van der Waals surface area contributed by atoms with E-state index in [1.807, 2.05) is 0 Å². The molecule has 0 saturated carbocycles. The van der Waals surface area contributed by atoms with E-state index >= 15 is 0 Å². The maximum atomic E-state index is 5.46. The van der Waals surface area contributed by atoms with Gasteiger partial charge in [0, 0.05) is 24.7 Å². The number of likely N-dealkylation sites (N-methyl/N-ethyl adjacent to an activating group) is 1. The molecule has 1 aromatic carbocycles. The Bertz CT molecular complexity index is 393. The van der Waals surface area contributed by atoms with E-state index in [0.717, 1.165) is 25.4 Å². The van der Waals surface area contributed by atoms with Crippen molar-refractivity contribution in [3.05, 3.63) is 29.3 Å². The van der Waals surface area contributed by atoms with Crippen LogP contribution in [0.1, 0.15) is 44.4 Å². The first-order valence-corrected chi connectivity index (χ1v) is 7.72. The highest BCUT2D eigenvalue weighted by atomic mass is 16.5. The van der Waals surface area contributed by atoms with Gasteiger partial charge in [0.15, 0.2) is 0 Å². The van der Waals surface area contributed by atoms with Crippen molar-refractivity contribution in [3.63, 3.8) is 0 Å². The summed E-state index contributed by atoms with van der Waals surface area (Å²) in [6, 6.07) is 6.67. The third-order valence-corrected chi connectivity index (χ3v) is 3.72. The predicted octanol–water partition coefficient (Wildman–Crippen LogP) is 3.39. The molecule has 0 saturated heterocycles. The average Bonchev–Trinajstić information content (AvgIpc) is 2.46.